The van der Waals surface area contributed by atoms with Crippen molar-refractivity contribution in [2.24, 2.45) is 0 Å². The minimum absolute atomic E-state index is 1.15. The fourth-order valence-electron chi connectivity index (χ4n) is 2.82. The number of unbranched alkanes of at least 4 members (excludes halogenated alkanes) is 2. The number of rotatable bonds is 6. The van der Waals surface area contributed by atoms with E-state index in [4.69, 9.17) is 0 Å². The van der Waals surface area contributed by atoms with Gasteiger partial charge >= 0.3 is 0 Å². The first-order valence-corrected chi connectivity index (χ1v) is 7.30. The van der Waals surface area contributed by atoms with Gasteiger partial charge in [-0.15, -0.1) is 0 Å². The van der Waals surface area contributed by atoms with Gasteiger partial charge in [0.25, 0.3) is 0 Å². The van der Waals surface area contributed by atoms with Gasteiger partial charge in [0.05, 0.1) is 0 Å². The van der Waals surface area contributed by atoms with Crippen LogP contribution in [0.1, 0.15) is 36.8 Å². The van der Waals surface area contributed by atoms with Crippen LogP contribution in [0.3, 0.4) is 0 Å². The van der Waals surface area contributed by atoms with E-state index in [1.54, 1.807) is 5.56 Å². The molecule has 0 unspecified atom stereocenters. The van der Waals surface area contributed by atoms with Crippen LogP contribution in [0.15, 0.2) is 18.2 Å². The molecular weight excluding hydrogens is 220 g/mol. The minimum Gasteiger partial charge on any atom is -0.371 e. The smallest absolute Gasteiger partial charge is 0.0398 e. The molecule has 0 saturated carbocycles. The molecule has 2 heteroatoms. The predicted octanol–water partition coefficient (Wildman–Crippen LogP) is 3.14. The number of hydrogen-bond donors (Lipinski definition) is 1. The second-order valence-corrected chi connectivity index (χ2v) is 5.39. The zero-order chi connectivity index (χ0) is 12.8. The van der Waals surface area contributed by atoms with Crippen molar-refractivity contribution in [3.63, 3.8) is 0 Å². The van der Waals surface area contributed by atoms with Crippen molar-refractivity contribution in [2.75, 3.05) is 31.6 Å². The average Bonchev–Trinajstić information content (AvgIpc) is 2.38. The summed E-state index contributed by atoms with van der Waals surface area (Å²) in [5.41, 5.74) is 4.43. The summed E-state index contributed by atoms with van der Waals surface area (Å²) in [7, 11) is 2.03. The number of benzene rings is 1. The van der Waals surface area contributed by atoms with Gasteiger partial charge in [-0.05, 0) is 57.8 Å². The third-order valence-electron chi connectivity index (χ3n) is 3.80. The molecule has 100 valence electrons. The van der Waals surface area contributed by atoms with Gasteiger partial charge in [-0.3, -0.25) is 0 Å². The van der Waals surface area contributed by atoms with Gasteiger partial charge in [-0.2, -0.15) is 0 Å². The molecule has 0 bridgehead atoms. The largest absolute Gasteiger partial charge is 0.371 e. The molecule has 1 N–H and O–H groups in total. The average molecular weight is 246 g/mol. The lowest BCUT2D eigenvalue weighted by Crippen LogP contribution is -2.30. The van der Waals surface area contributed by atoms with E-state index in [9.17, 15) is 0 Å². The van der Waals surface area contributed by atoms with E-state index >= 15 is 0 Å². The summed E-state index contributed by atoms with van der Waals surface area (Å²) in [4.78, 5) is 2.58. The van der Waals surface area contributed by atoms with Gasteiger partial charge < -0.3 is 10.2 Å². The maximum atomic E-state index is 3.21. The van der Waals surface area contributed by atoms with Crippen LogP contribution < -0.4 is 10.2 Å². The highest BCUT2D eigenvalue weighted by Crippen LogP contribution is 2.28. The van der Waals surface area contributed by atoms with Crippen LogP contribution in [0.2, 0.25) is 0 Å². The third kappa shape index (κ3) is 3.49. The van der Waals surface area contributed by atoms with E-state index in [1.807, 2.05) is 7.05 Å². The monoisotopic (exact) mass is 246 g/mol. The van der Waals surface area contributed by atoms with Gasteiger partial charge in [0.2, 0.25) is 0 Å². The Morgan fingerprint density at radius 2 is 2.11 bits per heavy atom. The molecule has 0 atom stereocenters. The Kier molecular flexibility index (Phi) is 5.06. The maximum absolute atomic E-state index is 3.21. The zero-order valence-electron chi connectivity index (χ0n) is 11.8. The molecule has 0 amide bonds. The fourth-order valence-corrected chi connectivity index (χ4v) is 2.82. The molecule has 0 fully saturated rings. The summed E-state index contributed by atoms with van der Waals surface area (Å²) < 4.78 is 0. The molecule has 0 spiro atoms. The summed E-state index contributed by atoms with van der Waals surface area (Å²) in [5.74, 6) is 0. The minimum atomic E-state index is 1.15. The normalized spacial score (nSPS) is 14.7. The molecule has 1 aliphatic heterocycles. The molecular formula is C16H26N2. The highest BCUT2D eigenvalue weighted by atomic mass is 15.1. The van der Waals surface area contributed by atoms with Crippen molar-refractivity contribution in [3.8, 4) is 0 Å². The van der Waals surface area contributed by atoms with Crippen LogP contribution in [-0.4, -0.2) is 26.7 Å². The Hall–Kier alpha value is -1.02. The van der Waals surface area contributed by atoms with Crippen LogP contribution in [0.5, 0.6) is 0 Å². The topological polar surface area (TPSA) is 15.3 Å². The third-order valence-corrected chi connectivity index (χ3v) is 3.80. The lowest BCUT2D eigenvalue weighted by atomic mass is 9.99. The van der Waals surface area contributed by atoms with Crippen molar-refractivity contribution in [2.45, 2.75) is 39.0 Å². The molecule has 1 aromatic rings. The van der Waals surface area contributed by atoms with E-state index < -0.39 is 0 Å². The SMILES string of the molecule is CNCCCCCN1CCCc2cc(C)ccc21. The summed E-state index contributed by atoms with van der Waals surface area (Å²) in [6.45, 7) is 5.80. The first-order valence-electron chi connectivity index (χ1n) is 7.30. The first-order chi connectivity index (χ1) is 8.81. The van der Waals surface area contributed by atoms with Crippen molar-refractivity contribution in [1.82, 2.24) is 5.32 Å². The molecule has 1 aromatic carbocycles. The Morgan fingerprint density at radius 1 is 1.22 bits per heavy atom. The van der Waals surface area contributed by atoms with Gasteiger partial charge in [0.15, 0.2) is 0 Å². The molecule has 1 heterocycles. The van der Waals surface area contributed by atoms with Gasteiger partial charge in [0.1, 0.15) is 0 Å². The molecule has 0 aromatic heterocycles. The quantitative estimate of drug-likeness (QED) is 0.776. The number of nitrogens with one attached hydrogen (secondary N) is 1. The van der Waals surface area contributed by atoms with Gasteiger partial charge in [-0.25, -0.2) is 0 Å². The van der Waals surface area contributed by atoms with E-state index in [2.05, 4.69) is 35.3 Å². The predicted molar refractivity (Wildman–Crippen MR) is 79.5 cm³/mol. The highest BCUT2D eigenvalue weighted by Gasteiger charge is 2.15. The van der Waals surface area contributed by atoms with Crippen LogP contribution in [0, 0.1) is 6.92 Å². The Labute approximate surface area is 111 Å². The maximum Gasteiger partial charge on any atom is 0.0398 e. The van der Waals surface area contributed by atoms with E-state index in [0.29, 0.717) is 0 Å². The van der Waals surface area contributed by atoms with Crippen LogP contribution in [0.25, 0.3) is 0 Å². The Balaban J connectivity index is 1.88. The molecule has 18 heavy (non-hydrogen) atoms. The molecule has 2 rings (SSSR count). The number of nitrogens with zero attached hydrogens (tertiary/aromatic N) is 1. The van der Waals surface area contributed by atoms with Crippen molar-refractivity contribution in [3.05, 3.63) is 29.3 Å². The van der Waals surface area contributed by atoms with E-state index in [1.165, 1.54) is 56.4 Å². The first kappa shape index (κ1) is 13.4. The number of hydrogen-bond acceptors (Lipinski definition) is 2. The summed E-state index contributed by atoms with van der Waals surface area (Å²) >= 11 is 0. The molecule has 1 aliphatic rings. The van der Waals surface area contributed by atoms with E-state index in [0.717, 1.165) is 6.54 Å². The molecule has 2 nitrogen and oxygen atoms in total. The summed E-state index contributed by atoms with van der Waals surface area (Å²) in [6, 6.07) is 6.93. The van der Waals surface area contributed by atoms with Crippen LogP contribution >= 0.6 is 0 Å². The van der Waals surface area contributed by atoms with Crippen molar-refractivity contribution in [1.29, 1.82) is 0 Å². The second kappa shape index (κ2) is 6.79. The lowest BCUT2D eigenvalue weighted by Gasteiger charge is -2.31. The number of fused-ring (bicyclic) bond motifs is 1. The Bertz CT molecular complexity index is 373. The number of aryl methyl sites for hydroxylation is 2. The van der Waals surface area contributed by atoms with Gasteiger partial charge in [-0.1, -0.05) is 24.1 Å². The number of anilines is 1. The van der Waals surface area contributed by atoms with Crippen molar-refractivity contribution >= 4 is 5.69 Å². The summed E-state index contributed by atoms with van der Waals surface area (Å²) in [5, 5.41) is 3.21. The standard InChI is InChI=1S/C16H26N2/c1-14-8-9-16-15(13-14)7-6-12-18(16)11-5-3-4-10-17-2/h8-9,13,17H,3-7,10-12H2,1-2H3. The molecule has 0 saturated heterocycles. The summed E-state index contributed by atoms with van der Waals surface area (Å²) in [6.07, 6.45) is 6.51. The highest BCUT2D eigenvalue weighted by molar-refractivity contribution is 5.56. The zero-order valence-corrected chi connectivity index (χ0v) is 11.8. The van der Waals surface area contributed by atoms with Crippen LogP contribution in [0.4, 0.5) is 5.69 Å². The fraction of sp³-hybridized carbons (Fsp3) is 0.625. The van der Waals surface area contributed by atoms with Crippen LogP contribution in [-0.2, 0) is 6.42 Å². The second-order valence-electron chi connectivity index (χ2n) is 5.39. The van der Waals surface area contributed by atoms with Crippen molar-refractivity contribution < 1.29 is 0 Å². The Morgan fingerprint density at radius 3 is 2.94 bits per heavy atom. The molecule has 0 aliphatic carbocycles. The van der Waals surface area contributed by atoms with Gasteiger partial charge in [0, 0.05) is 18.8 Å². The molecule has 0 radical (unpaired) electrons. The van der Waals surface area contributed by atoms with E-state index in [-0.39, 0.29) is 0 Å². The lowest BCUT2D eigenvalue weighted by molar-refractivity contribution is 0.609.